The predicted molar refractivity (Wildman–Crippen MR) is 48.7 cm³/mol. The lowest BCUT2D eigenvalue weighted by atomic mass is 10.2. The molecule has 0 unspecified atom stereocenters. The van der Waals surface area contributed by atoms with Crippen LogP contribution in [0.5, 0.6) is 0 Å². The van der Waals surface area contributed by atoms with Gasteiger partial charge in [-0.15, -0.1) is 0 Å². The third kappa shape index (κ3) is 1.03. The molecule has 2 aromatic rings. The van der Waals surface area contributed by atoms with E-state index in [2.05, 4.69) is 10.5 Å². The Kier molecular flexibility index (Phi) is 1.67. The third-order valence-corrected chi connectivity index (χ3v) is 2.07. The lowest BCUT2D eigenvalue weighted by Crippen LogP contribution is -1.87. The van der Waals surface area contributed by atoms with Crippen LogP contribution in [0.2, 0.25) is 5.02 Å². The Morgan fingerprint density at radius 3 is 3.00 bits per heavy atom. The molecule has 0 radical (unpaired) electrons. The maximum absolute atomic E-state index is 8.61. The van der Waals surface area contributed by atoms with Gasteiger partial charge >= 0.3 is 0 Å². The van der Waals surface area contributed by atoms with Gasteiger partial charge in [-0.25, -0.2) is 0 Å². The maximum atomic E-state index is 8.61. The van der Waals surface area contributed by atoms with Crippen molar-refractivity contribution < 1.29 is 5.21 Å². The molecule has 0 saturated carbocycles. The minimum atomic E-state index is 0.640. The van der Waals surface area contributed by atoms with Gasteiger partial charge in [-0.2, -0.15) is 0 Å². The Labute approximate surface area is 73.9 Å². The van der Waals surface area contributed by atoms with E-state index < -0.39 is 0 Å². The summed E-state index contributed by atoms with van der Waals surface area (Å²) in [5.74, 6) is 0. The summed E-state index contributed by atoms with van der Waals surface area (Å²) in [6.07, 6.45) is 1.72. The summed E-state index contributed by atoms with van der Waals surface area (Å²) in [7, 11) is 0. The van der Waals surface area contributed by atoms with Gasteiger partial charge in [0, 0.05) is 17.1 Å². The van der Waals surface area contributed by atoms with Crippen LogP contribution in [0.1, 0.15) is 0 Å². The highest BCUT2D eigenvalue weighted by Crippen LogP contribution is 2.24. The van der Waals surface area contributed by atoms with Crippen LogP contribution < -0.4 is 5.48 Å². The fraction of sp³-hybridized carbons (Fsp3) is 0. The molecule has 0 bridgehead atoms. The Morgan fingerprint density at radius 2 is 2.25 bits per heavy atom. The highest BCUT2D eigenvalue weighted by molar-refractivity contribution is 6.35. The van der Waals surface area contributed by atoms with E-state index >= 15 is 0 Å². The Morgan fingerprint density at radius 1 is 1.42 bits per heavy atom. The zero-order valence-electron chi connectivity index (χ0n) is 6.13. The number of rotatable bonds is 1. The molecule has 0 atom stereocenters. The Hall–Kier alpha value is -1.19. The van der Waals surface area contributed by atoms with Gasteiger partial charge in [0.05, 0.1) is 10.7 Å². The molecular weight excluding hydrogens is 176 g/mol. The van der Waals surface area contributed by atoms with Crippen LogP contribution in [0.4, 0.5) is 5.69 Å². The molecule has 0 aliphatic heterocycles. The Bertz CT molecular complexity index is 410. The summed E-state index contributed by atoms with van der Waals surface area (Å²) in [6.45, 7) is 0. The topological polar surface area (TPSA) is 48.0 Å². The second kappa shape index (κ2) is 2.69. The molecule has 0 amide bonds. The van der Waals surface area contributed by atoms with Crippen molar-refractivity contribution >= 4 is 28.2 Å². The first-order chi connectivity index (χ1) is 5.81. The summed E-state index contributed by atoms with van der Waals surface area (Å²) in [5, 5.41) is 10.3. The molecule has 4 heteroatoms. The minimum Gasteiger partial charge on any atom is -0.360 e. The van der Waals surface area contributed by atoms with Gasteiger partial charge in [0.2, 0.25) is 0 Å². The molecule has 2 rings (SSSR count). The molecule has 0 aliphatic carbocycles. The first kappa shape index (κ1) is 7.46. The van der Waals surface area contributed by atoms with Crippen molar-refractivity contribution in [3.63, 3.8) is 0 Å². The molecule has 3 nitrogen and oxygen atoms in total. The van der Waals surface area contributed by atoms with Gasteiger partial charge in [-0.3, -0.25) is 10.7 Å². The van der Waals surface area contributed by atoms with Gasteiger partial charge in [0.25, 0.3) is 0 Å². The predicted octanol–water partition coefficient (Wildman–Crippen LogP) is 2.62. The molecule has 0 saturated heterocycles. The van der Waals surface area contributed by atoms with Gasteiger partial charge in [0.15, 0.2) is 0 Å². The van der Waals surface area contributed by atoms with Crippen molar-refractivity contribution in [2.75, 3.05) is 5.48 Å². The zero-order valence-corrected chi connectivity index (χ0v) is 6.89. The van der Waals surface area contributed by atoms with E-state index in [-0.39, 0.29) is 0 Å². The normalized spacial score (nSPS) is 10.5. The van der Waals surface area contributed by atoms with E-state index in [9.17, 15) is 0 Å². The number of hydrogen-bond acceptors (Lipinski definition) is 2. The standard InChI is InChI=1S/C8H7ClN2O/c9-7-4-10-8-3-5(11-12)1-2-6(7)8/h1-4,10-12H. The van der Waals surface area contributed by atoms with Crippen LogP contribution in [0.3, 0.4) is 0 Å². The molecule has 0 aliphatic rings. The quantitative estimate of drug-likeness (QED) is 0.594. The monoisotopic (exact) mass is 182 g/mol. The number of nitrogens with one attached hydrogen (secondary N) is 2. The summed E-state index contributed by atoms with van der Waals surface area (Å²) in [4.78, 5) is 2.98. The first-order valence-corrected chi connectivity index (χ1v) is 3.86. The highest BCUT2D eigenvalue weighted by Gasteiger charge is 2.00. The van der Waals surface area contributed by atoms with Gasteiger partial charge < -0.3 is 4.98 Å². The molecule has 0 fully saturated rings. The maximum Gasteiger partial charge on any atom is 0.0659 e. The molecular formula is C8H7ClN2O. The van der Waals surface area contributed by atoms with Crippen LogP contribution in [-0.4, -0.2) is 10.2 Å². The number of halogens is 1. The number of H-pyrrole nitrogens is 1. The average molecular weight is 183 g/mol. The fourth-order valence-corrected chi connectivity index (χ4v) is 1.38. The molecule has 1 aromatic heterocycles. The van der Waals surface area contributed by atoms with Gasteiger partial charge in [0.1, 0.15) is 0 Å². The number of fused-ring (bicyclic) bond motifs is 1. The van der Waals surface area contributed by atoms with Crippen LogP contribution >= 0.6 is 11.6 Å². The number of hydrogen-bond donors (Lipinski definition) is 3. The van der Waals surface area contributed by atoms with Crippen LogP contribution in [0, 0.1) is 0 Å². The summed E-state index contributed by atoms with van der Waals surface area (Å²) in [6, 6.07) is 5.37. The van der Waals surface area contributed by atoms with Crippen molar-refractivity contribution in [1.29, 1.82) is 0 Å². The van der Waals surface area contributed by atoms with E-state index in [0.717, 1.165) is 10.9 Å². The highest BCUT2D eigenvalue weighted by atomic mass is 35.5. The lowest BCUT2D eigenvalue weighted by Gasteiger charge is -1.97. The van der Waals surface area contributed by atoms with Crippen LogP contribution in [-0.2, 0) is 0 Å². The molecule has 1 aromatic carbocycles. The van der Waals surface area contributed by atoms with Crippen molar-refractivity contribution in [2.24, 2.45) is 0 Å². The molecule has 12 heavy (non-hydrogen) atoms. The molecule has 3 N–H and O–H groups in total. The van der Waals surface area contributed by atoms with Crippen molar-refractivity contribution in [3.8, 4) is 0 Å². The van der Waals surface area contributed by atoms with Crippen molar-refractivity contribution in [2.45, 2.75) is 0 Å². The second-order valence-corrected chi connectivity index (χ2v) is 2.92. The number of benzene rings is 1. The lowest BCUT2D eigenvalue weighted by molar-refractivity contribution is 0.389. The zero-order chi connectivity index (χ0) is 8.55. The first-order valence-electron chi connectivity index (χ1n) is 3.48. The SMILES string of the molecule is ONc1ccc2c(Cl)c[nH]c2c1. The van der Waals surface area contributed by atoms with Gasteiger partial charge in [-0.1, -0.05) is 11.6 Å². The van der Waals surface area contributed by atoms with E-state index in [1.807, 2.05) is 6.07 Å². The van der Waals surface area contributed by atoms with E-state index in [4.69, 9.17) is 16.8 Å². The molecule has 1 heterocycles. The summed E-state index contributed by atoms with van der Waals surface area (Å²) < 4.78 is 0. The number of aromatic nitrogens is 1. The molecule has 62 valence electrons. The largest absolute Gasteiger partial charge is 0.360 e. The summed E-state index contributed by atoms with van der Waals surface area (Å²) >= 11 is 5.85. The van der Waals surface area contributed by atoms with E-state index in [1.54, 1.807) is 18.3 Å². The van der Waals surface area contributed by atoms with Crippen molar-refractivity contribution in [1.82, 2.24) is 4.98 Å². The van der Waals surface area contributed by atoms with E-state index in [0.29, 0.717) is 10.7 Å². The van der Waals surface area contributed by atoms with Crippen LogP contribution in [0.25, 0.3) is 10.9 Å². The van der Waals surface area contributed by atoms with Gasteiger partial charge in [-0.05, 0) is 18.2 Å². The number of aromatic amines is 1. The average Bonchev–Trinajstić information content (AvgIpc) is 2.47. The summed E-state index contributed by atoms with van der Waals surface area (Å²) in [5.41, 5.74) is 3.61. The smallest absolute Gasteiger partial charge is 0.0659 e. The Balaban J connectivity index is 2.69. The second-order valence-electron chi connectivity index (χ2n) is 2.51. The van der Waals surface area contributed by atoms with Crippen LogP contribution in [0.15, 0.2) is 24.4 Å². The fourth-order valence-electron chi connectivity index (χ4n) is 1.16. The number of anilines is 1. The van der Waals surface area contributed by atoms with E-state index in [1.165, 1.54) is 0 Å². The minimum absolute atomic E-state index is 0.640. The third-order valence-electron chi connectivity index (χ3n) is 1.76. The van der Waals surface area contributed by atoms with Crippen molar-refractivity contribution in [3.05, 3.63) is 29.4 Å². The molecule has 0 spiro atoms.